The van der Waals surface area contributed by atoms with Crippen molar-refractivity contribution in [2.45, 2.75) is 6.18 Å². The fourth-order valence-corrected chi connectivity index (χ4v) is 3.82. The van der Waals surface area contributed by atoms with Crippen LogP contribution >= 0.6 is 11.6 Å². The van der Waals surface area contributed by atoms with Crippen molar-refractivity contribution in [3.63, 3.8) is 0 Å². The first kappa shape index (κ1) is 26.9. The number of rotatable bonds is 9. The average Bonchev–Trinajstić information content (AvgIpc) is 3.50. The first-order chi connectivity index (χ1) is 18.0. The van der Waals surface area contributed by atoms with Gasteiger partial charge in [0.2, 0.25) is 5.91 Å². The molecule has 4 rings (SSSR count). The van der Waals surface area contributed by atoms with E-state index in [1.807, 2.05) is 24.1 Å². The molecule has 0 radical (unpaired) electrons. The minimum atomic E-state index is -4.62. The Hall–Kier alpha value is -4.17. The summed E-state index contributed by atoms with van der Waals surface area (Å²) >= 11 is 6.31. The zero-order chi connectivity index (χ0) is 27.4. The normalized spacial score (nSPS) is 11.7. The number of aromatic nitrogens is 5. The van der Waals surface area contributed by atoms with Crippen molar-refractivity contribution >= 4 is 40.6 Å². The Labute approximate surface area is 219 Å². The number of imidazole rings is 1. The van der Waals surface area contributed by atoms with Crippen LogP contribution in [0.2, 0.25) is 5.02 Å². The molecule has 0 fully saturated rings. The number of aromatic amines is 1. The van der Waals surface area contributed by atoms with E-state index in [1.165, 1.54) is 35.1 Å². The Bertz CT molecular complexity index is 1470. The number of alkyl halides is 3. The first-order valence-electron chi connectivity index (χ1n) is 11.2. The van der Waals surface area contributed by atoms with Crippen LogP contribution < -0.4 is 16.0 Å². The Morgan fingerprint density at radius 1 is 1.16 bits per heavy atom. The number of halogens is 4. The number of carbonyl (C=O) groups is 2. The lowest BCUT2D eigenvalue weighted by Crippen LogP contribution is -2.39. The summed E-state index contributed by atoms with van der Waals surface area (Å²) in [5.41, 5.74) is -0.105. The molecule has 11 nitrogen and oxygen atoms in total. The largest absolute Gasteiger partial charge is 0.433 e. The second-order valence-corrected chi connectivity index (χ2v) is 8.83. The van der Waals surface area contributed by atoms with Crippen molar-refractivity contribution in [2.24, 2.45) is 0 Å². The summed E-state index contributed by atoms with van der Waals surface area (Å²) in [6.07, 6.45) is 0.634. The number of fused-ring (bicyclic) bond motifs is 1. The third-order valence-electron chi connectivity index (χ3n) is 5.39. The highest BCUT2D eigenvalue weighted by Gasteiger charge is 2.36. The van der Waals surface area contributed by atoms with Gasteiger partial charge >= 0.3 is 6.18 Å². The van der Waals surface area contributed by atoms with E-state index in [0.29, 0.717) is 18.8 Å². The molecule has 0 aliphatic heterocycles. The highest BCUT2D eigenvalue weighted by Crippen LogP contribution is 2.36. The van der Waals surface area contributed by atoms with Gasteiger partial charge in [-0.15, -0.1) is 0 Å². The van der Waals surface area contributed by atoms with Crippen LogP contribution in [0.4, 0.5) is 24.7 Å². The van der Waals surface area contributed by atoms with Crippen molar-refractivity contribution in [3.8, 4) is 11.3 Å². The van der Waals surface area contributed by atoms with Gasteiger partial charge < -0.3 is 20.9 Å². The van der Waals surface area contributed by atoms with Crippen molar-refractivity contribution < 1.29 is 22.8 Å². The quantitative estimate of drug-likeness (QED) is 0.252. The summed E-state index contributed by atoms with van der Waals surface area (Å²) in [4.78, 5) is 34.8. The van der Waals surface area contributed by atoms with Gasteiger partial charge in [-0.2, -0.15) is 18.3 Å². The number of nitrogens with one attached hydrogen (secondary N) is 4. The van der Waals surface area contributed by atoms with E-state index in [2.05, 4.69) is 31.0 Å². The van der Waals surface area contributed by atoms with E-state index in [0.717, 1.165) is 6.20 Å². The predicted molar refractivity (Wildman–Crippen MR) is 134 cm³/mol. The number of hydrogen-bond donors (Lipinski definition) is 4. The number of likely N-dealkylation sites (N-methyl/N-ethyl adjacent to an activating group) is 1. The highest BCUT2D eigenvalue weighted by atomic mass is 35.5. The SMILES string of the molecule is CN(C)CCNC(=O)CNC(=O)c1ccc(Nc2nccn3c(-c4cn[nH]c4C(F)(F)F)cnc23)cc1Cl. The molecule has 0 unspecified atom stereocenters. The van der Waals surface area contributed by atoms with Gasteiger partial charge in [-0.1, -0.05) is 11.6 Å². The van der Waals surface area contributed by atoms with Crippen LogP contribution in [-0.4, -0.2) is 75.0 Å². The van der Waals surface area contributed by atoms with Crippen LogP contribution in [0, 0.1) is 0 Å². The maximum Gasteiger partial charge on any atom is 0.433 e. The standard InChI is InChI=1S/C23H23ClF3N9O2/c1-35(2)7-5-28-18(37)12-31-22(38)14-4-3-13(9-16(14)24)33-20-21-30-11-17(36(21)8-6-29-20)15-10-32-34-19(15)23(25,26)27/h3-4,6,8-11H,5,7,12H2,1-2H3,(H,28,37)(H,29,33)(H,31,38)(H,32,34). The molecular weight excluding hydrogens is 527 g/mol. The Morgan fingerprint density at radius 3 is 2.66 bits per heavy atom. The number of anilines is 2. The van der Waals surface area contributed by atoms with Crippen molar-refractivity contribution in [1.82, 2.24) is 40.1 Å². The lowest BCUT2D eigenvalue weighted by atomic mass is 10.2. The van der Waals surface area contributed by atoms with Crippen LogP contribution in [-0.2, 0) is 11.0 Å². The lowest BCUT2D eigenvalue weighted by Gasteiger charge is -2.12. The van der Waals surface area contributed by atoms with Gasteiger partial charge in [-0.25, -0.2) is 9.97 Å². The number of benzene rings is 1. The van der Waals surface area contributed by atoms with Gasteiger partial charge in [0.15, 0.2) is 11.5 Å². The first-order valence-corrected chi connectivity index (χ1v) is 11.6. The predicted octanol–water partition coefficient (Wildman–Crippen LogP) is 2.94. The molecule has 0 atom stereocenters. The molecule has 1 aromatic carbocycles. The molecule has 200 valence electrons. The summed E-state index contributed by atoms with van der Waals surface area (Å²) in [6.45, 7) is 0.914. The van der Waals surface area contributed by atoms with Gasteiger partial charge in [0.25, 0.3) is 5.91 Å². The Morgan fingerprint density at radius 2 is 1.95 bits per heavy atom. The van der Waals surface area contributed by atoms with E-state index in [4.69, 9.17) is 11.6 Å². The van der Waals surface area contributed by atoms with Crippen LogP contribution in [0.5, 0.6) is 0 Å². The summed E-state index contributed by atoms with van der Waals surface area (Å²) in [7, 11) is 3.76. The van der Waals surface area contributed by atoms with E-state index in [-0.39, 0.29) is 45.8 Å². The van der Waals surface area contributed by atoms with Crippen LogP contribution in [0.25, 0.3) is 16.9 Å². The molecular formula is C23H23ClF3N9O2. The van der Waals surface area contributed by atoms with E-state index in [9.17, 15) is 22.8 Å². The van der Waals surface area contributed by atoms with E-state index < -0.39 is 17.8 Å². The van der Waals surface area contributed by atoms with Crippen LogP contribution in [0.3, 0.4) is 0 Å². The molecule has 38 heavy (non-hydrogen) atoms. The van der Waals surface area contributed by atoms with Crippen molar-refractivity contribution in [2.75, 3.05) is 39.0 Å². The molecule has 0 spiro atoms. The Kier molecular flexibility index (Phi) is 7.83. The molecule has 0 aliphatic rings. The smallest absolute Gasteiger partial charge is 0.353 e. The average molecular weight is 550 g/mol. The fraction of sp³-hybridized carbons (Fsp3) is 0.261. The molecule has 0 saturated carbocycles. The summed E-state index contributed by atoms with van der Waals surface area (Å²) in [6, 6.07) is 4.54. The van der Waals surface area contributed by atoms with Crippen molar-refractivity contribution in [3.05, 3.63) is 59.3 Å². The van der Waals surface area contributed by atoms with Gasteiger partial charge in [-0.05, 0) is 32.3 Å². The van der Waals surface area contributed by atoms with E-state index >= 15 is 0 Å². The second kappa shape index (κ2) is 11.1. The molecule has 3 heterocycles. The highest BCUT2D eigenvalue weighted by molar-refractivity contribution is 6.34. The Balaban J connectivity index is 1.47. The zero-order valence-corrected chi connectivity index (χ0v) is 21.0. The molecule has 2 amide bonds. The number of H-pyrrole nitrogens is 1. The number of carbonyl (C=O) groups excluding carboxylic acids is 2. The minimum Gasteiger partial charge on any atom is -0.353 e. The van der Waals surface area contributed by atoms with Gasteiger partial charge in [0.05, 0.1) is 40.8 Å². The van der Waals surface area contributed by atoms with Gasteiger partial charge in [0.1, 0.15) is 5.69 Å². The van der Waals surface area contributed by atoms with Gasteiger partial charge in [-0.3, -0.25) is 19.1 Å². The summed E-state index contributed by atoms with van der Waals surface area (Å²) < 4.78 is 41.5. The summed E-state index contributed by atoms with van der Waals surface area (Å²) in [5, 5.41) is 13.9. The maximum absolute atomic E-state index is 13.3. The van der Waals surface area contributed by atoms with E-state index in [1.54, 1.807) is 6.07 Å². The number of amides is 2. The van der Waals surface area contributed by atoms with Crippen LogP contribution in [0.1, 0.15) is 16.1 Å². The molecule has 4 N–H and O–H groups in total. The maximum atomic E-state index is 13.3. The van der Waals surface area contributed by atoms with Crippen LogP contribution in [0.15, 0.2) is 43.0 Å². The third-order valence-corrected chi connectivity index (χ3v) is 5.71. The van der Waals surface area contributed by atoms with Crippen molar-refractivity contribution in [1.29, 1.82) is 0 Å². The molecule has 15 heteroatoms. The number of hydrogen-bond acceptors (Lipinski definition) is 7. The minimum absolute atomic E-state index is 0.115. The van der Waals surface area contributed by atoms with Gasteiger partial charge in [0, 0.05) is 31.2 Å². The zero-order valence-electron chi connectivity index (χ0n) is 20.2. The number of nitrogens with zero attached hydrogens (tertiary/aromatic N) is 5. The molecule has 0 saturated heterocycles. The fourth-order valence-electron chi connectivity index (χ4n) is 3.55. The molecule has 3 aromatic heterocycles. The monoisotopic (exact) mass is 549 g/mol. The third kappa shape index (κ3) is 6.03. The lowest BCUT2D eigenvalue weighted by molar-refractivity contribution is -0.140. The molecule has 4 aromatic rings. The summed E-state index contributed by atoms with van der Waals surface area (Å²) in [5.74, 6) is -0.605. The molecule has 0 aliphatic carbocycles. The second-order valence-electron chi connectivity index (χ2n) is 8.42. The topological polar surface area (TPSA) is 132 Å². The molecule has 0 bridgehead atoms.